The molecule has 3 amide bonds. The van der Waals surface area contributed by atoms with Crippen molar-refractivity contribution >= 4 is 63.0 Å². The minimum Gasteiger partial charge on any atom is -0.325 e. The number of nitrogens with zero attached hydrogens (tertiary/aromatic N) is 2. The van der Waals surface area contributed by atoms with E-state index in [1.54, 1.807) is 11.0 Å². The van der Waals surface area contributed by atoms with Crippen LogP contribution in [0.3, 0.4) is 0 Å². The van der Waals surface area contributed by atoms with E-state index in [4.69, 9.17) is 12.2 Å². The highest BCUT2D eigenvalue weighted by molar-refractivity contribution is 8.26. The summed E-state index contributed by atoms with van der Waals surface area (Å²) in [6, 6.07) is 14.7. The van der Waals surface area contributed by atoms with E-state index < -0.39 is 0 Å². The molecule has 2 heterocycles. The Morgan fingerprint density at radius 2 is 1.79 bits per heavy atom. The third kappa shape index (κ3) is 4.93. The molecule has 0 saturated carbocycles. The zero-order valence-electron chi connectivity index (χ0n) is 19.3. The highest BCUT2D eigenvalue weighted by Crippen LogP contribution is 2.44. The molecule has 0 aliphatic carbocycles. The number of thioether (sulfide) groups is 1. The van der Waals surface area contributed by atoms with E-state index in [0.717, 1.165) is 31.2 Å². The van der Waals surface area contributed by atoms with Crippen molar-refractivity contribution < 1.29 is 14.4 Å². The molecule has 2 aromatic carbocycles. The standard InChI is InChI=1S/C26H27N3O3S2/c1-3-4-5-8-14-28-25(32)23(34-26(28)33)22-19-12-6-7-13-20(19)29(24(22)31)16-21(30)27-18-11-9-10-17(2)15-18/h6-7,9-13,15H,3-5,8,14,16H2,1-2H3,(H,27,30). The van der Waals surface area contributed by atoms with Gasteiger partial charge in [0, 0.05) is 17.8 Å². The molecule has 6 nitrogen and oxygen atoms in total. The molecule has 0 aromatic heterocycles. The number of benzene rings is 2. The van der Waals surface area contributed by atoms with E-state index in [-0.39, 0.29) is 24.3 Å². The van der Waals surface area contributed by atoms with Crippen molar-refractivity contribution in [3.63, 3.8) is 0 Å². The van der Waals surface area contributed by atoms with Gasteiger partial charge in [-0.3, -0.25) is 24.2 Å². The summed E-state index contributed by atoms with van der Waals surface area (Å²) < 4.78 is 0.477. The van der Waals surface area contributed by atoms with Crippen LogP contribution in [0.5, 0.6) is 0 Å². The van der Waals surface area contributed by atoms with E-state index >= 15 is 0 Å². The molecule has 0 unspecified atom stereocenters. The molecule has 0 spiro atoms. The van der Waals surface area contributed by atoms with Crippen LogP contribution in [-0.2, 0) is 14.4 Å². The normalized spacial score (nSPS) is 17.5. The van der Waals surface area contributed by atoms with Crippen molar-refractivity contribution in [1.82, 2.24) is 4.90 Å². The fourth-order valence-electron chi connectivity index (χ4n) is 4.16. The van der Waals surface area contributed by atoms with Crippen LogP contribution in [0.1, 0.15) is 43.7 Å². The van der Waals surface area contributed by atoms with Gasteiger partial charge in [-0.1, -0.05) is 80.5 Å². The van der Waals surface area contributed by atoms with Crippen molar-refractivity contribution in [1.29, 1.82) is 0 Å². The summed E-state index contributed by atoms with van der Waals surface area (Å²) in [6.45, 7) is 4.49. The van der Waals surface area contributed by atoms with Crippen LogP contribution in [0.25, 0.3) is 5.57 Å². The van der Waals surface area contributed by atoms with Crippen molar-refractivity contribution in [3.8, 4) is 0 Å². The number of anilines is 2. The first-order valence-electron chi connectivity index (χ1n) is 11.5. The molecule has 0 atom stereocenters. The highest BCUT2D eigenvalue weighted by Gasteiger charge is 2.42. The minimum absolute atomic E-state index is 0.148. The SMILES string of the molecule is CCCCCCN1C(=O)C(=C2C(=O)N(CC(=O)Nc3cccc(C)c3)c3ccccc32)SC1=S. The lowest BCUT2D eigenvalue weighted by atomic mass is 10.1. The van der Waals surface area contributed by atoms with Crippen molar-refractivity contribution in [2.45, 2.75) is 39.5 Å². The highest BCUT2D eigenvalue weighted by atomic mass is 32.2. The number of fused-ring (bicyclic) bond motifs is 1. The second kappa shape index (κ2) is 10.5. The topological polar surface area (TPSA) is 69.7 Å². The molecule has 0 radical (unpaired) electrons. The van der Waals surface area contributed by atoms with Crippen LogP contribution >= 0.6 is 24.0 Å². The van der Waals surface area contributed by atoms with Crippen molar-refractivity contribution in [2.75, 3.05) is 23.3 Å². The lowest BCUT2D eigenvalue weighted by Crippen LogP contribution is -2.35. The molecule has 176 valence electrons. The Balaban J connectivity index is 1.57. The van der Waals surface area contributed by atoms with E-state index in [9.17, 15) is 14.4 Å². The molecular weight excluding hydrogens is 466 g/mol. The van der Waals surface area contributed by atoms with Gasteiger partial charge in [-0.25, -0.2) is 0 Å². The molecule has 4 rings (SSSR count). The van der Waals surface area contributed by atoms with Crippen LogP contribution in [0.4, 0.5) is 11.4 Å². The lowest BCUT2D eigenvalue weighted by molar-refractivity contribution is -0.122. The molecule has 2 aromatic rings. The van der Waals surface area contributed by atoms with Crippen LogP contribution < -0.4 is 10.2 Å². The number of hydrogen-bond acceptors (Lipinski definition) is 5. The number of carbonyl (C=O) groups excluding carboxylic acids is 3. The fraction of sp³-hybridized carbons (Fsp3) is 0.308. The number of hydrogen-bond donors (Lipinski definition) is 1. The number of aryl methyl sites for hydroxylation is 1. The first kappa shape index (κ1) is 24.2. The first-order valence-corrected chi connectivity index (χ1v) is 12.7. The maximum Gasteiger partial charge on any atom is 0.267 e. The van der Waals surface area contributed by atoms with Gasteiger partial charge < -0.3 is 5.32 Å². The van der Waals surface area contributed by atoms with Crippen LogP contribution in [0.15, 0.2) is 53.4 Å². The molecule has 2 aliphatic heterocycles. The second-order valence-electron chi connectivity index (χ2n) is 8.42. The zero-order valence-corrected chi connectivity index (χ0v) is 20.9. The number of rotatable bonds is 8. The van der Waals surface area contributed by atoms with Gasteiger partial charge in [0.05, 0.1) is 16.2 Å². The van der Waals surface area contributed by atoms with Gasteiger partial charge in [0.15, 0.2) is 0 Å². The molecule has 1 saturated heterocycles. The number of amides is 3. The maximum absolute atomic E-state index is 13.5. The van der Waals surface area contributed by atoms with E-state index in [2.05, 4.69) is 12.2 Å². The van der Waals surface area contributed by atoms with Crippen molar-refractivity contribution in [3.05, 3.63) is 64.6 Å². The second-order valence-corrected chi connectivity index (χ2v) is 10.1. The van der Waals surface area contributed by atoms with Gasteiger partial charge in [0.1, 0.15) is 10.9 Å². The third-order valence-corrected chi connectivity index (χ3v) is 7.29. The maximum atomic E-state index is 13.5. The first-order chi connectivity index (χ1) is 16.4. The Hall–Kier alpha value is -2.97. The van der Waals surface area contributed by atoms with Gasteiger partial charge >= 0.3 is 0 Å². The quantitative estimate of drug-likeness (QED) is 0.314. The molecule has 0 bridgehead atoms. The largest absolute Gasteiger partial charge is 0.325 e. The number of carbonyl (C=O) groups is 3. The predicted octanol–water partition coefficient (Wildman–Crippen LogP) is 5.13. The number of unbranched alkanes of at least 4 members (excludes halogenated alkanes) is 3. The lowest BCUT2D eigenvalue weighted by Gasteiger charge is -2.17. The Labute approximate surface area is 209 Å². The molecule has 1 fully saturated rings. The Morgan fingerprint density at radius 3 is 2.56 bits per heavy atom. The van der Waals surface area contributed by atoms with Gasteiger partial charge in [0.2, 0.25) is 5.91 Å². The zero-order chi connectivity index (χ0) is 24.2. The Kier molecular flexibility index (Phi) is 7.48. The van der Waals surface area contributed by atoms with Crippen LogP contribution in [-0.4, -0.2) is 40.0 Å². The number of para-hydroxylation sites is 1. The Morgan fingerprint density at radius 1 is 1.00 bits per heavy atom. The minimum atomic E-state index is -0.355. The van der Waals surface area contributed by atoms with Crippen LogP contribution in [0, 0.1) is 6.92 Å². The summed E-state index contributed by atoms with van der Waals surface area (Å²) in [6.07, 6.45) is 4.13. The van der Waals surface area contributed by atoms with Crippen LogP contribution in [0.2, 0.25) is 0 Å². The fourth-order valence-corrected chi connectivity index (χ4v) is 5.54. The number of nitrogens with one attached hydrogen (secondary N) is 1. The van der Waals surface area contributed by atoms with Gasteiger partial charge in [-0.15, -0.1) is 0 Å². The van der Waals surface area contributed by atoms with Crippen molar-refractivity contribution in [2.24, 2.45) is 0 Å². The van der Waals surface area contributed by atoms with Gasteiger partial charge in [-0.2, -0.15) is 0 Å². The summed E-state index contributed by atoms with van der Waals surface area (Å²) in [5, 5.41) is 2.85. The molecule has 1 N–H and O–H groups in total. The van der Waals surface area contributed by atoms with E-state index in [1.165, 1.54) is 16.7 Å². The third-order valence-electron chi connectivity index (χ3n) is 5.84. The summed E-state index contributed by atoms with van der Waals surface area (Å²) in [7, 11) is 0. The summed E-state index contributed by atoms with van der Waals surface area (Å²) >= 11 is 6.65. The molecule has 2 aliphatic rings. The molecular formula is C26H27N3O3S2. The monoisotopic (exact) mass is 493 g/mol. The smallest absolute Gasteiger partial charge is 0.267 e. The van der Waals surface area contributed by atoms with Gasteiger partial charge in [-0.05, 0) is 37.1 Å². The Bertz CT molecular complexity index is 1190. The summed E-state index contributed by atoms with van der Waals surface area (Å²) in [5.74, 6) is -0.888. The summed E-state index contributed by atoms with van der Waals surface area (Å²) in [5.41, 5.74) is 3.30. The average Bonchev–Trinajstić information content (AvgIpc) is 3.24. The number of thiocarbonyl (C=S) groups is 1. The average molecular weight is 494 g/mol. The van der Waals surface area contributed by atoms with E-state index in [0.29, 0.717) is 38.3 Å². The molecule has 34 heavy (non-hydrogen) atoms. The van der Waals surface area contributed by atoms with E-state index in [1.807, 2.05) is 49.4 Å². The predicted molar refractivity (Wildman–Crippen MR) is 142 cm³/mol. The molecule has 8 heteroatoms. The summed E-state index contributed by atoms with van der Waals surface area (Å²) in [4.78, 5) is 42.9. The van der Waals surface area contributed by atoms with Gasteiger partial charge in [0.25, 0.3) is 11.8 Å².